The Balaban J connectivity index is 2.21. The van der Waals surface area contributed by atoms with Crippen molar-refractivity contribution in [1.82, 2.24) is 15.2 Å². The molecule has 5 heteroatoms. The van der Waals surface area contributed by atoms with E-state index >= 15 is 0 Å². The minimum Gasteiger partial charge on any atom is -0.324 e. The smallest absolute Gasteiger partial charge is 0.274 e. The quantitative estimate of drug-likeness (QED) is 0.890. The number of nitrogens with one attached hydrogen (secondary N) is 2. The van der Waals surface area contributed by atoms with Gasteiger partial charge in [-0.3, -0.25) is 9.78 Å². The van der Waals surface area contributed by atoms with Crippen LogP contribution in [0.2, 0.25) is 0 Å². The van der Waals surface area contributed by atoms with E-state index in [0.29, 0.717) is 11.6 Å². The van der Waals surface area contributed by atoms with Crippen molar-refractivity contribution in [2.75, 3.05) is 5.32 Å². The summed E-state index contributed by atoms with van der Waals surface area (Å²) in [5.74, 6) is 0.349. The van der Waals surface area contributed by atoms with Gasteiger partial charge < -0.3 is 5.32 Å². The minimum atomic E-state index is -0.326. The minimum absolute atomic E-state index is 0.112. The van der Waals surface area contributed by atoms with Crippen LogP contribution >= 0.6 is 0 Å². The zero-order valence-corrected chi connectivity index (χ0v) is 14.1. The SMILES string of the molecule is CC(C)(C)c1ccc(Nc2nnc(C(C)(C)C)c(=O)[nH]2)cc1. The van der Waals surface area contributed by atoms with Crippen LogP contribution < -0.4 is 10.9 Å². The zero-order chi connectivity index (χ0) is 16.5. The highest BCUT2D eigenvalue weighted by molar-refractivity contribution is 5.53. The van der Waals surface area contributed by atoms with Gasteiger partial charge in [0, 0.05) is 11.1 Å². The van der Waals surface area contributed by atoms with E-state index < -0.39 is 0 Å². The van der Waals surface area contributed by atoms with Gasteiger partial charge in [-0.2, -0.15) is 0 Å². The molecule has 1 aromatic carbocycles. The lowest BCUT2D eigenvalue weighted by Crippen LogP contribution is -2.28. The highest BCUT2D eigenvalue weighted by Gasteiger charge is 2.20. The Hall–Kier alpha value is -2.17. The number of hydrogen-bond acceptors (Lipinski definition) is 4. The van der Waals surface area contributed by atoms with E-state index in [1.807, 2.05) is 32.9 Å². The van der Waals surface area contributed by atoms with Crippen molar-refractivity contribution in [2.24, 2.45) is 0 Å². The Kier molecular flexibility index (Phi) is 4.09. The molecular weight excluding hydrogens is 276 g/mol. The molecule has 0 aliphatic rings. The first-order valence-corrected chi connectivity index (χ1v) is 7.42. The van der Waals surface area contributed by atoms with Gasteiger partial charge in [0.05, 0.1) is 0 Å². The average Bonchev–Trinajstić information content (AvgIpc) is 2.36. The second kappa shape index (κ2) is 5.55. The lowest BCUT2D eigenvalue weighted by molar-refractivity contribution is 0.547. The van der Waals surface area contributed by atoms with Gasteiger partial charge in [-0.1, -0.05) is 53.7 Å². The molecule has 0 aliphatic heterocycles. The van der Waals surface area contributed by atoms with Gasteiger partial charge in [0.25, 0.3) is 5.56 Å². The fourth-order valence-electron chi connectivity index (χ4n) is 2.07. The molecule has 2 rings (SSSR count). The first kappa shape index (κ1) is 16.2. The van der Waals surface area contributed by atoms with Crippen molar-refractivity contribution in [3.05, 3.63) is 45.9 Å². The largest absolute Gasteiger partial charge is 0.324 e. The van der Waals surface area contributed by atoms with Crippen LogP contribution in [0, 0.1) is 0 Å². The summed E-state index contributed by atoms with van der Waals surface area (Å²) in [6, 6.07) is 8.07. The number of anilines is 2. The monoisotopic (exact) mass is 300 g/mol. The zero-order valence-electron chi connectivity index (χ0n) is 14.1. The molecule has 0 spiro atoms. The van der Waals surface area contributed by atoms with Gasteiger partial charge in [0.1, 0.15) is 5.69 Å². The lowest BCUT2D eigenvalue weighted by Gasteiger charge is -2.19. The average molecular weight is 300 g/mol. The number of benzene rings is 1. The summed E-state index contributed by atoms with van der Waals surface area (Å²) < 4.78 is 0. The summed E-state index contributed by atoms with van der Waals surface area (Å²) in [5.41, 5.74) is 2.12. The summed E-state index contributed by atoms with van der Waals surface area (Å²) in [4.78, 5) is 14.8. The van der Waals surface area contributed by atoms with E-state index in [0.717, 1.165) is 5.69 Å². The van der Waals surface area contributed by atoms with Crippen LogP contribution in [0.5, 0.6) is 0 Å². The molecule has 0 saturated heterocycles. The van der Waals surface area contributed by atoms with Gasteiger partial charge >= 0.3 is 0 Å². The lowest BCUT2D eigenvalue weighted by atomic mass is 9.87. The maximum Gasteiger partial charge on any atom is 0.274 e. The molecule has 2 aromatic rings. The third-order valence-corrected chi connectivity index (χ3v) is 3.42. The number of aromatic nitrogens is 3. The van der Waals surface area contributed by atoms with Crippen molar-refractivity contribution in [2.45, 2.75) is 52.4 Å². The summed E-state index contributed by atoms with van der Waals surface area (Å²) in [7, 11) is 0. The van der Waals surface area contributed by atoms with E-state index in [9.17, 15) is 4.79 Å². The summed E-state index contributed by atoms with van der Waals surface area (Å²) in [6.45, 7) is 12.3. The number of hydrogen-bond donors (Lipinski definition) is 2. The van der Waals surface area contributed by atoms with Crippen LogP contribution in [0.4, 0.5) is 11.6 Å². The predicted octanol–water partition coefficient (Wildman–Crippen LogP) is 3.50. The number of H-pyrrole nitrogens is 1. The number of rotatable bonds is 2. The Bertz CT molecular complexity index is 703. The third-order valence-electron chi connectivity index (χ3n) is 3.42. The van der Waals surface area contributed by atoms with Gasteiger partial charge in [-0.05, 0) is 23.1 Å². The normalized spacial score (nSPS) is 12.3. The van der Waals surface area contributed by atoms with E-state index in [1.54, 1.807) is 0 Å². The van der Waals surface area contributed by atoms with Crippen LogP contribution in [0.15, 0.2) is 29.1 Å². The summed E-state index contributed by atoms with van der Waals surface area (Å²) in [5, 5.41) is 11.2. The molecule has 22 heavy (non-hydrogen) atoms. The van der Waals surface area contributed by atoms with Crippen LogP contribution in [-0.2, 0) is 10.8 Å². The van der Waals surface area contributed by atoms with Crippen molar-refractivity contribution in [3.8, 4) is 0 Å². The van der Waals surface area contributed by atoms with Crippen molar-refractivity contribution < 1.29 is 0 Å². The molecule has 0 saturated carbocycles. The highest BCUT2D eigenvalue weighted by atomic mass is 16.1. The first-order valence-electron chi connectivity index (χ1n) is 7.42. The molecule has 118 valence electrons. The Morgan fingerprint density at radius 2 is 1.50 bits per heavy atom. The van der Waals surface area contributed by atoms with Crippen LogP contribution in [0.25, 0.3) is 0 Å². The maximum atomic E-state index is 12.1. The number of nitrogens with zero attached hydrogens (tertiary/aromatic N) is 2. The summed E-state index contributed by atoms with van der Waals surface area (Å²) in [6.07, 6.45) is 0. The molecule has 0 bridgehead atoms. The fourth-order valence-corrected chi connectivity index (χ4v) is 2.07. The van der Waals surface area contributed by atoms with Crippen LogP contribution in [0.1, 0.15) is 52.8 Å². The highest BCUT2D eigenvalue weighted by Crippen LogP contribution is 2.24. The molecule has 5 nitrogen and oxygen atoms in total. The Labute approximate surface area is 131 Å². The Morgan fingerprint density at radius 3 is 1.95 bits per heavy atom. The molecule has 2 N–H and O–H groups in total. The molecule has 1 aromatic heterocycles. The molecule has 0 aliphatic carbocycles. The fraction of sp³-hybridized carbons (Fsp3) is 0.471. The summed E-state index contributed by atoms with van der Waals surface area (Å²) >= 11 is 0. The first-order chi connectivity index (χ1) is 10.1. The second-order valence-electron chi connectivity index (χ2n) is 7.55. The van der Waals surface area contributed by atoms with Crippen molar-refractivity contribution >= 4 is 11.6 Å². The van der Waals surface area contributed by atoms with Crippen molar-refractivity contribution in [1.29, 1.82) is 0 Å². The molecular formula is C17H24N4O. The third kappa shape index (κ3) is 3.72. The molecule has 0 atom stereocenters. The van der Waals surface area contributed by atoms with Gasteiger partial charge in [0.2, 0.25) is 5.95 Å². The molecule has 0 unspecified atom stereocenters. The van der Waals surface area contributed by atoms with E-state index in [4.69, 9.17) is 0 Å². The number of aromatic amines is 1. The van der Waals surface area contributed by atoms with E-state index in [2.05, 4.69) is 53.4 Å². The van der Waals surface area contributed by atoms with Crippen molar-refractivity contribution in [3.63, 3.8) is 0 Å². The van der Waals surface area contributed by atoms with Crippen LogP contribution in [0.3, 0.4) is 0 Å². The molecule has 1 heterocycles. The van der Waals surface area contributed by atoms with Gasteiger partial charge in [0.15, 0.2) is 0 Å². The van der Waals surface area contributed by atoms with E-state index in [1.165, 1.54) is 5.56 Å². The molecule has 0 amide bonds. The second-order valence-corrected chi connectivity index (χ2v) is 7.55. The Morgan fingerprint density at radius 1 is 0.909 bits per heavy atom. The van der Waals surface area contributed by atoms with Gasteiger partial charge in [-0.15, -0.1) is 10.2 Å². The van der Waals surface area contributed by atoms with Crippen LogP contribution in [-0.4, -0.2) is 15.2 Å². The van der Waals surface area contributed by atoms with Gasteiger partial charge in [-0.25, -0.2) is 0 Å². The molecule has 0 radical (unpaired) electrons. The standard InChI is InChI=1S/C17H24N4O/c1-16(2,3)11-7-9-12(10-8-11)18-15-19-14(22)13(20-21-15)17(4,5)6/h7-10H,1-6H3,(H2,18,19,21,22). The molecule has 0 fully saturated rings. The predicted molar refractivity (Wildman–Crippen MR) is 89.8 cm³/mol. The van der Waals surface area contributed by atoms with E-state index in [-0.39, 0.29) is 16.4 Å². The maximum absolute atomic E-state index is 12.1. The topological polar surface area (TPSA) is 70.7 Å².